The van der Waals surface area contributed by atoms with E-state index in [1.54, 1.807) is 43.9 Å². The third-order valence-electron chi connectivity index (χ3n) is 4.81. The minimum atomic E-state index is -0.312. The van der Waals surface area contributed by atoms with Crippen LogP contribution < -0.4 is 20.9 Å². The number of fused-ring (bicyclic) bond motifs is 1. The molecule has 0 aromatic carbocycles. The van der Waals surface area contributed by atoms with E-state index in [2.05, 4.69) is 38.4 Å². The number of pyridine rings is 2. The van der Waals surface area contributed by atoms with Gasteiger partial charge in [-0.15, -0.1) is 0 Å². The summed E-state index contributed by atoms with van der Waals surface area (Å²) in [5.41, 5.74) is 1.96. The van der Waals surface area contributed by atoms with Gasteiger partial charge in [0, 0.05) is 33.3 Å². The highest BCUT2D eigenvalue weighted by molar-refractivity contribution is 5.84. The molecule has 0 aliphatic carbocycles. The number of hydrogen-bond acceptors (Lipinski definition) is 8. The van der Waals surface area contributed by atoms with Crippen LogP contribution in [0.2, 0.25) is 0 Å². The Kier molecular flexibility index (Phi) is 6.92. The molecule has 3 aromatic rings. The van der Waals surface area contributed by atoms with Crippen LogP contribution in [0.1, 0.15) is 25.0 Å². The average molecular weight is 460 g/mol. The minimum absolute atomic E-state index is 0.187. The molecule has 174 valence electrons. The second-order valence-corrected chi connectivity index (χ2v) is 7.41. The van der Waals surface area contributed by atoms with E-state index in [-0.39, 0.29) is 28.6 Å². The van der Waals surface area contributed by atoms with E-state index in [9.17, 15) is 14.9 Å². The Hall–Kier alpha value is -4.72. The van der Waals surface area contributed by atoms with Gasteiger partial charge in [0.05, 0.1) is 6.20 Å². The van der Waals surface area contributed by atoms with Gasteiger partial charge in [0.1, 0.15) is 34.4 Å². The SMILES string of the molecule is C=N/C(=C\C(=C/C)Oc1cnc2nc(Nc3cc(C)cn(C)c3=O)n(C)c2c1C#N)NC(C)=O. The van der Waals surface area contributed by atoms with E-state index in [1.165, 1.54) is 23.8 Å². The van der Waals surface area contributed by atoms with Gasteiger partial charge in [-0.3, -0.25) is 9.59 Å². The van der Waals surface area contributed by atoms with Crippen molar-refractivity contribution in [3.8, 4) is 11.8 Å². The number of aromatic nitrogens is 4. The lowest BCUT2D eigenvalue weighted by Crippen LogP contribution is -2.20. The number of aliphatic imine (C=N–C) groups is 1. The van der Waals surface area contributed by atoms with Crippen LogP contribution in [-0.4, -0.2) is 31.7 Å². The van der Waals surface area contributed by atoms with Crippen molar-refractivity contribution in [2.24, 2.45) is 19.1 Å². The maximum absolute atomic E-state index is 12.5. The Labute approximate surface area is 195 Å². The molecule has 0 radical (unpaired) electrons. The molecule has 0 aliphatic rings. The van der Waals surface area contributed by atoms with Gasteiger partial charge in [-0.2, -0.15) is 10.2 Å². The number of carbonyl (C=O) groups excluding carboxylic acids is 1. The molecule has 3 heterocycles. The number of amides is 1. The minimum Gasteiger partial charge on any atom is -0.454 e. The number of nitrogens with one attached hydrogen (secondary N) is 2. The van der Waals surface area contributed by atoms with E-state index in [1.807, 2.05) is 6.92 Å². The molecule has 3 rings (SSSR count). The van der Waals surface area contributed by atoms with E-state index >= 15 is 0 Å². The van der Waals surface area contributed by atoms with Crippen LogP contribution in [0.15, 0.2) is 52.0 Å². The topological polar surface area (TPSA) is 139 Å². The number of imidazole rings is 1. The van der Waals surface area contributed by atoms with Gasteiger partial charge in [-0.1, -0.05) is 0 Å². The highest BCUT2D eigenvalue weighted by atomic mass is 16.5. The number of anilines is 2. The van der Waals surface area contributed by atoms with Crippen molar-refractivity contribution in [2.75, 3.05) is 5.32 Å². The molecule has 0 bridgehead atoms. The van der Waals surface area contributed by atoms with Crippen molar-refractivity contribution in [1.29, 1.82) is 5.26 Å². The standard InChI is InChI=1S/C23H24N8O3/c1-7-15(9-19(25-4)27-14(3)32)34-18-11-26-21-20(16(18)10-24)31(6)23(29-21)28-17-8-13(2)12-30(5)22(17)33/h7-9,11-12H,4H2,1-3,5-6H3,(H,27,32)(H,26,28,29)/b15-7+,19-9+. The Morgan fingerprint density at radius 1 is 1.38 bits per heavy atom. The summed E-state index contributed by atoms with van der Waals surface area (Å²) in [7, 11) is 3.37. The number of ether oxygens (including phenoxy) is 1. The van der Waals surface area contributed by atoms with Crippen LogP contribution in [0.25, 0.3) is 11.2 Å². The van der Waals surface area contributed by atoms with Crippen molar-refractivity contribution in [3.05, 3.63) is 63.7 Å². The summed E-state index contributed by atoms with van der Waals surface area (Å²) in [5.74, 6) is 0.728. The fourth-order valence-electron chi connectivity index (χ4n) is 3.28. The Balaban J connectivity index is 2.04. The fraction of sp³-hybridized carbons (Fsp3) is 0.217. The van der Waals surface area contributed by atoms with Crippen LogP contribution >= 0.6 is 0 Å². The van der Waals surface area contributed by atoms with Gasteiger partial charge in [0.15, 0.2) is 11.4 Å². The Morgan fingerprint density at radius 3 is 2.74 bits per heavy atom. The maximum Gasteiger partial charge on any atom is 0.274 e. The van der Waals surface area contributed by atoms with Crippen molar-refractivity contribution in [1.82, 2.24) is 24.4 Å². The zero-order valence-electron chi connectivity index (χ0n) is 19.5. The molecule has 34 heavy (non-hydrogen) atoms. The molecule has 11 heteroatoms. The monoisotopic (exact) mass is 460 g/mol. The molecular weight excluding hydrogens is 436 g/mol. The van der Waals surface area contributed by atoms with Gasteiger partial charge in [0.25, 0.3) is 5.56 Å². The number of nitrogens with zero attached hydrogens (tertiary/aromatic N) is 6. The number of rotatable bonds is 7. The predicted molar refractivity (Wildman–Crippen MR) is 129 cm³/mol. The van der Waals surface area contributed by atoms with Crippen LogP contribution in [0.5, 0.6) is 5.75 Å². The predicted octanol–water partition coefficient (Wildman–Crippen LogP) is 2.55. The molecular formula is C23H24N8O3. The van der Waals surface area contributed by atoms with E-state index in [4.69, 9.17) is 4.74 Å². The molecule has 0 aliphatic heterocycles. The molecule has 3 aromatic heterocycles. The first-order chi connectivity index (χ1) is 16.2. The molecule has 0 saturated carbocycles. The van der Waals surface area contributed by atoms with Crippen molar-refractivity contribution < 1.29 is 9.53 Å². The molecule has 0 atom stereocenters. The molecule has 0 saturated heterocycles. The highest BCUT2D eigenvalue weighted by Gasteiger charge is 2.19. The number of hydrogen-bond donors (Lipinski definition) is 2. The largest absolute Gasteiger partial charge is 0.454 e. The summed E-state index contributed by atoms with van der Waals surface area (Å²) < 4.78 is 9.00. The third-order valence-corrected chi connectivity index (χ3v) is 4.81. The van der Waals surface area contributed by atoms with Crippen molar-refractivity contribution in [2.45, 2.75) is 20.8 Å². The quantitative estimate of drug-likeness (QED) is 0.314. The van der Waals surface area contributed by atoms with E-state index in [0.29, 0.717) is 28.6 Å². The van der Waals surface area contributed by atoms with Gasteiger partial charge in [0.2, 0.25) is 11.9 Å². The summed E-state index contributed by atoms with van der Waals surface area (Å²) in [6.45, 7) is 8.38. The second-order valence-electron chi connectivity index (χ2n) is 7.41. The summed E-state index contributed by atoms with van der Waals surface area (Å²) >= 11 is 0. The Morgan fingerprint density at radius 2 is 2.12 bits per heavy atom. The number of carbonyl (C=O) groups is 1. The number of aryl methyl sites for hydroxylation is 3. The smallest absolute Gasteiger partial charge is 0.274 e. The van der Waals surface area contributed by atoms with Crippen LogP contribution in [0.3, 0.4) is 0 Å². The number of nitriles is 1. The molecule has 0 unspecified atom stereocenters. The first-order valence-corrected chi connectivity index (χ1v) is 10.2. The molecule has 1 amide bonds. The first-order valence-electron chi connectivity index (χ1n) is 10.2. The number of allylic oxidation sites excluding steroid dienone is 2. The summed E-state index contributed by atoms with van der Waals surface area (Å²) in [5, 5.41) is 15.5. The van der Waals surface area contributed by atoms with Gasteiger partial charge in [-0.05, 0) is 38.3 Å². The summed E-state index contributed by atoms with van der Waals surface area (Å²) in [6, 6.07) is 3.86. The Bertz CT molecular complexity index is 1450. The third kappa shape index (κ3) is 4.86. The van der Waals surface area contributed by atoms with Gasteiger partial charge in [-0.25, -0.2) is 9.98 Å². The van der Waals surface area contributed by atoms with Gasteiger partial charge >= 0.3 is 0 Å². The average Bonchev–Trinajstić information content (AvgIpc) is 3.10. The van der Waals surface area contributed by atoms with E-state index < -0.39 is 0 Å². The van der Waals surface area contributed by atoms with Crippen LogP contribution in [0, 0.1) is 18.3 Å². The lowest BCUT2D eigenvalue weighted by atomic mass is 10.2. The maximum atomic E-state index is 12.5. The molecule has 0 fully saturated rings. The van der Waals surface area contributed by atoms with Crippen LogP contribution in [-0.2, 0) is 18.9 Å². The zero-order valence-corrected chi connectivity index (χ0v) is 19.5. The fourth-order valence-corrected chi connectivity index (χ4v) is 3.28. The molecule has 0 spiro atoms. The van der Waals surface area contributed by atoms with Gasteiger partial charge < -0.3 is 24.5 Å². The molecule has 2 N–H and O–H groups in total. The highest BCUT2D eigenvalue weighted by Crippen LogP contribution is 2.29. The summed E-state index contributed by atoms with van der Waals surface area (Å²) in [6.07, 6.45) is 6.24. The molecule has 11 nitrogen and oxygen atoms in total. The zero-order chi connectivity index (χ0) is 25.0. The van der Waals surface area contributed by atoms with Crippen molar-refractivity contribution in [3.63, 3.8) is 0 Å². The lowest BCUT2D eigenvalue weighted by Gasteiger charge is -2.11. The van der Waals surface area contributed by atoms with Crippen molar-refractivity contribution >= 4 is 35.4 Å². The normalized spacial score (nSPS) is 11.8. The second kappa shape index (κ2) is 9.83. The van der Waals surface area contributed by atoms with E-state index in [0.717, 1.165) is 5.56 Å². The lowest BCUT2D eigenvalue weighted by molar-refractivity contribution is -0.118. The summed E-state index contributed by atoms with van der Waals surface area (Å²) in [4.78, 5) is 36.3. The van der Waals surface area contributed by atoms with Crippen LogP contribution in [0.4, 0.5) is 11.6 Å². The first kappa shape index (κ1) is 23.9.